The molecule has 0 fully saturated rings. The Hall–Kier alpha value is -0.570. The number of aliphatic hydroxyl groups is 1. The topological polar surface area (TPSA) is 66.4 Å². The molecule has 0 radical (unpaired) electrons. The van der Waals surface area contributed by atoms with Crippen molar-refractivity contribution in [1.82, 2.24) is 4.72 Å². The summed E-state index contributed by atoms with van der Waals surface area (Å²) in [6.07, 6.45) is -0.478. The summed E-state index contributed by atoms with van der Waals surface area (Å²) in [5, 5.41) is 9.00. The molecule has 0 aliphatic rings. The fourth-order valence-electron chi connectivity index (χ4n) is 1.26. The Morgan fingerprint density at radius 1 is 1.44 bits per heavy atom. The van der Waals surface area contributed by atoms with Crippen molar-refractivity contribution in [2.45, 2.75) is 24.3 Å². The summed E-state index contributed by atoms with van der Waals surface area (Å²) in [4.78, 5) is -0.644. The molecule has 8 heteroatoms. The van der Waals surface area contributed by atoms with Crippen molar-refractivity contribution in [1.29, 1.82) is 0 Å². The Labute approximate surface area is 112 Å². The third-order valence-corrected chi connectivity index (χ3v) is 4.51. The lowest BCUT2D eigenvalue weighted by molar-refractivity contribution is 0.186. The molecule has 0 heterocycles. The zero-order valence-corrected chi connectivity index (χ0v) is 11.9. The molecule has 1 unspecified atom stereocenters. The van der Waals surface area contributed by atoms with Crippen molar-refractivity contribution in [2.24, 2.45) is 0 Å². The Bertz CT molecular complexity index is 511. The van der Waals surface area contributed by atoms with Gasteiger partial charge in [0.2, 0.25) is 10.0 Å². The lowest BCUT2D eigenvalue weighted by Gasteiger charge is -2.10. The number of sulfonamides is 1. The van der Waals surface area contributed by atoms with E-state index in [1.807, 2.05) is 0 Å². The fourth-order valence-corrected chi connectivity index (χ4v) is 3.47. The normalized spacial score (nSPS) is 13.6. The third kappa shape index (κ3) is 3.98. The van der Waals surface area contributed by atoms with Crippen LogP contribution in [0.5, 0.6) is 0 Å². The van der Waals surface area contributed by atoms with Gasteiger partial charge in [-0.2, -0.15) is 0 Å². The number of hydrogen-bond acceptors (Lipinski definition) is 3. The van der Waals surface area contributed by atoms with Gasteiger partial charge in [-0.25, -0.2) is 21.9 Å². The van der Waals surface area contributed by atoms with Crippen LogP contribution >= 0.6 is 15.9 Å². The average molecular weight is 344 g/mol. The van der Waals surface area contributed by atoms with E-state index >= 15 is 0 Å². The first kappa shape index (κ1) is 15.5. The van der Waals surface area contributed by atoms with Crippen LogP contribution in [0.15, 0.2) is 21.5 Å². The van der Waals surface area contributed by atoms with E-state index in [1.54, 1.807) is 0 Å². The molecule has 1 aromatic rings. The zero-order chi connectivity index (χ0) is 13.9. The Kier molecular flexibility index (Phi) is 5.20. The van der Waals surface area contributed by atoms with Gasteiger partial charge in [0, 0.05) is 17.1 Å². The van der Waals surface area contributed by atoms with Gasteiger partial charge in [-0.05, 0) is 35.3 Å². The van der Waals surface area contributed by atoms with Crippen LogP contribution in [0.1, 0.15) is 13.3 Å². The lowest BCUT2D eigenvalue weighted by Crippen LogP contribution is -2.27. The van der Waals surface area contributed by atoms with E-state index in [0.29, 0.717) is 6.07 Å². The smallest absolute Gasteiger partial charge is 0.244 e. The van der Waals surface area contributed by atoms with Crippen molar-refractivity contribution in [3.8, 4) is 0 Å². The maximum atomic E-state index is 13.5. The van der Waals surface area contributed by atoms with Crippen molar-refractivity contribution >= 4 is 26.0 Å². The van der Waals surface area contributed by atoms with Crippen molar-refractivity contribution < 1.29 is 22.3 Å². The van der Waals surface area contributed by atoms with Crippen LogP contribution in [0.25, 0.3) is 0 Å². The van der Waals surface area contributed by atoms with Crippen LogP contribution in [-0.2, 0) is 10.0 Å². The van der Waals surface area contributed by atoms with Gasteiger partial charge >= 0.3 is 0 Å². The molecule has 1 rings (SSSR count). The van der Waals surface area contributed by atoms with Gasteiger partial charge in [-0.1, -0.05) is 0 Å². The molecule has 0 spiro atoms. The highest BCUT2D eigenvalue weighted by molar-refractivity contribution is 9.10. The van der Waals surface area contributed by atoms with Gasteiger partial charge in [0.15, 0.2) is 0 Å². The maximum absolute atomic E-state index is 13.5. The molecule has 0 saturated carbocycles. The lowest BCUT2D eigenvalue weighted by atomic mass is 10.3. The minimum atomic E-state index is -4.08. The summed E-state index contributed by atoms with van der Waals surface area (Å²) in [7, 11) is -4.08. The molecule has 1 atom stereocenters. The molecule has 2 N–H and O–H groups in total. The highest BCUT2D eigenvalue weighted by Gasteiger charge is 2.23. The van der Waals surface area contributed by atoms with Crippen LogP contribution in [0, 0.1) is 11.6 Å². The molecule has 0 aromatic heterocycles. The summed E-state index contributed by atoms with van der Waals surface area (Å²) < 4.78 is 51.8. The molecule has 0 saturated heterocycles. The van der Waals surface area contributed by atoms with Gasteiger partial charge in [0.05, 0.1) is 6.10 Å². The molecule has 1 aromatic carbocycles. The summed E-state index contributed by atoms with van der Waals surface area (Å²) in [5.74, 6) is -2.05. The molecule has 18 heavy (non-hydrogen) atoms. The maximum Gasteiger partial charge on any atom is 0.244 e. The SMILES string of the molecule is CC(O)CCNS(=O)(=O)c1c(F)cc(F)cc1Br. The van der Waals surface area contributed by atoms with E-state index in [0.717, 1.165) is 6.07 Å². The van der Waals surface area contributed by atoms with Crippen molar-refractivity contribution in [2.75, 3.05) is 6.54 Å². The number of aliphatic hydroxyl groups excluding tert-OH is 1. The second kappa shape index (κ2) is 6.05. The second-order valence-electron chi connectivity index (χ2n) is 3.73. The highest BCUT2D eigenvalue weighted by Crippen LogP contribution is 2.25. The van der Waals surface area contributed by atoms with Crippen LogP contribution in [-0.4, -0.2) is 26.2 Å². The Balaban J connectivity index is 2.99. The van der Waals surface area contributed by atoms with Crippen LogP contribution < -0.4 is 4.72 Å². The first-order valence-electron chi connectivity index (χ1n) is 5.06. The van der Waals surface area contributed by atoms with E-state index in [-0.39, 0.29) is 17.4 Å². The van der Waals surface area contributed by atoms with Crippen molar-refractivity contribution in [3.05, 3.63) is 28.2 Å². The summed E-state index contributed by atoms with van der Waals surface area (Å²) in [5.41, 5.74) is 0. The number of hydrogen-bond donors (Lipinski definition) is 2. The van der Waals surface area contributed by atoms with Crippen LogP contribution in [0.3, 0.4) is 0 Å². The van der Waals surface area contributed by atoms with Gasteiger partial charge < -0.3 is 5.11 Å². The average Bonchev–Trinajstić information content (AvgIpc) is 2.13. The van der Waals surface area contributed by atoms with E-state index in [9.17, 15) is 17.2 Å². The minimum Gasteiger partial charge on any atom is -0.393 e. The predicted octanol–water partition coefficient (Wildman–Crippen LogP) is 1.78. The molecule has 0 bridgehead atoms. The van der Waals surface area contributed by atoms with Gasteiger partial charge in [0.25, 0.3) is 0 Å². The van der Waals surface area contributed by atoms with E-state index in [1.165, 1.54) is 6.92 Å². The van der Waals surface area contributed by atoms with E-state index < -0.39 is 32.7 Å². The number of rotatable bonds is 5. The number of benzene rings is 1. The van der Waals surface area contributed by atoms with Gasteiger partial charge in [-0.3, -0.25) is 0 Å². The molecular formula is C10H12BrF2NO3S. The summed E-state index contributed by atoms with van der Waals surface area (Å²) in [6.45, 7) is 1.46. The van der Waals surface area contributed by atoms with Crippen LogP contribution in [0.4, 0.5) is 8.78 Å². The number of nitrogens with one attached hydrogen (secondary N) is 1. The van der Waals surface area contributed by atoms with Crippen molar-refractivity contribution in [3.63, 3.8) is 0 Å². The molecule has 4 nitrogen and oxygen atoms in total. The Morgan fingerprint density at radius 2 is 2.06 bits per heavy atom. The van der Waals surface area contributed by atoms with Gasteiger partial charge in [-0.15, -0.1) is 0 Å². The molecular weight excluding hydrogens is 332 g/mol. The molecule has 0 amide bonds. The first-order chi connectivity index (χ1) is 8.24. The monoisotopic (exact) mass is 343 g/mol. The predicted molar refractivity (Wildman–Crippen MR) is 65.5 cm³/mol. The fraction of sp³-hybridized carbons (Fsp3) is 0.400. The summed E-state index contributed by atoms with van der Waals surface area (Å²) in [6, 6.07) is 1.36. The zero-order valence-electron chi connectivity index (χ0n) is 9.45. The first-order valence-corrected chi connectivity index (χ1v) is 7.34. The summed E-state index contributed by atoms with van der Waals surface area (Å²) >= 11 is 2.81. The Morgan fingerprint density at radius 3 is 2.56 bits per heavy atom. The van der Waals surface area contributed by atoms with E-state index in [4.69, 9.17) is 5.11 Å². The minimum absolute atomic E-state index is 0.0384. The van der Waals surface area contributed by atoms with Crippen LogP contribution in [0.2, 0.25) is 0 Å². The van der Waals surface area contributed by atoms with E-state index in [2.05, 4.69) is 20.7 Å². The molecule has 0 aliphatic carbocycles. The van der Waals surface area contributed by atoms with Gasteiger partial charge in [0.1, 0.15) is 16.5 Å². The number of halogens is 3. The third-order valence-electron chi connectivity index (χ3n) is 2.09. The largest absolute Gasteiger partial charge is 0.393 e. The molecule has 0 aliphatic heterocycles. The quantitative estimate of drug-likeness (QED) is 0.856. The molecule has 102 valence electrons. The second-order valence-corrected chi connectivity index (χ2v) is 6.29. The standard InChI is InChI=1S/C10H12BrF2NO3S/c1-6(15)2-3-14-18(16,17)10-8(11)4-7(12)5-9(10)13/h4-6,14-15H,2-3H2,1H3. The highest BCUT2D eigenvalue weighted by atomic mass is 79.9.